The second kappa shape index (κ2) is 28.6. The fourth-order valence-corrected chi connectivity index (χ4v) is 10.00. The molecule has 0 aromatic carbocycles. The minimum atomic E-state index is -5.58. The lowest BCUT2D eigenvalue weighted by Crippen LogP contribution is -2.46. The molecular weight excluding hydrogens is 963 g/mol. The molecule has 7 atom stereocenters. The molecule has 67 heavy (non-hydrogen) atoms. The summed E-state index contributed by atoms with van der Waals surface area (Å²) in [4.78, 5) is 88.3. The Morgan fingerprint density at radius 3 is 2.25 bits per heavy atom. The van der Waals surface area contributed by atoms with Crippen LogP contribution in [-0.4, -0.2) is 123 Å². The van der Waals surface area contributed by atoms with E-state index in [1.54, 1.807) is 0 Å². The van der Waals surface area contributed by atoms with Crippen molar-refractivity contribution in [2.75, 3.05) is 37.8 Å². The van der Waals surface area contributed by atoms with E-state index in [0.717, 1.165) is 61.1 Å². The van der Waals surface area contributed by atoms with Gasteiger partial charge >= 0.3 is 23.5 Å². The number of rotatable bonds is 33. The molecule has 380 valence electrons. The number of imidazole rings is 1. The Bertz CT molecular complexity index is 2090. The average molecular weight is 1030 g/mol. The summed E-state index contributed by atoms with van der Waals surface area (Å²) < 4.78 is 62.4. The largest absolute Gasteiger partial charge is 0.481 e. The first-order valence-electron chi connectivity index (χ1n) is 21.9. The average Bonchev–Trinajstić information content (AvgIpc) is 3.81. The number of hydrogen-bond acceptors (Lipinski definition) is 18. The van der Waals surface area contributed by atoms with Crippen molar-refractivity contribution < 1.29 is 80.5 Å². The minimum Gasteiger partial charge on any atom is -0.386 e. The van der Waals surface area contributed by atoms with Crippen molar-refractivity contribution in [3.8, 4) is 0 Å². The molecule has 3 unspecified atom stereocenters. The molecule has 0 radical (unpaired) electrons. The molecule has 0 bridgehead atoms. The first kappa shape index (κ1) is 58.4. The number of nitrogens with zero attached hydrogens (tertiary/aromatic N) is 4. The summed E-state index contributed by atoms with van der Waals surface area (Å²) in [5, 5.41) is 26.6. The van der Waals surface area contributed by atoms with E-state index in [4.69, 9.17) is 19.5 Å². The van der Waals surface area contributed by atoms with Gasteiger partial charge in [-0.1, -0.05) is 88.9 Å². The Morgan fingerprint density at radius 2 is 1.57 bits per heavy atom. The van der Waals surface area contributed by atoms with E-state index in [1.165, 1.54) is 52.4 Å². The molecule has 28 heteroatoms. The summed E-state index contributed by atoms with van der Waals surface area (Å²) in [5.74, 6) is -1.06. The highest BCUT2D eigenvalue weighted by Gasteiger charge is 2.50. The van der Waals surface area contributed by atoms with Gasteiger partial charge in [0.1, 0.15) is 36.3 Å². The number of unbranched alkanes of at least 4 members (excludes halogenated alkanes) is 8. The minimum absolute atomic E-state index is 0.0319. The molecule has 24 nitrogen and oxygen atoms in total. The summed E-state index contributed by atoms with van der Waals surface area (Å²) in [6, 6.07) is 0. The highest BCUT2D eigenvalue weighted by atomic mass is 32.2. The van der Waals surface area contributed by atoms with Crippen molar-refractivity contribution in [2.24, 2.45) is 5.41 Å². The van der Waals surface area contributed by atoms with Gasteiger partial charge in [0.15, 0.2) is 22.8 Å². The van der Waals surface area contributed by atoms with E-state index in [1.807, 2.05) is 0 Å². The Kier molecular flexibility index (Phi) is 24.9. The van der Waals surface area contributed by atoms with E-state index >= 15 is 0 Å². The predicted molar refractivity (Wildman–Crippen MR) is 246 cm³/mol. The van der Waals surface area contributed by atoms with Crippen LogP contribution in [0, 0.1) is 5.41 Å². The van der Waals surface area contributed by atoms with Crippen LogP contribution in [-0.2, 0) is 50.7 Å². The van der Waals surface area contributed by atoms with Crippen molar-refractivity contribution in [2.45, 2.75) is 135 Å². The smallest absolute Gasteiger partial charge is 0.386 e. The number of allylic oxidation sites excluding steroid dienone is 4. The molecule has 2 aromatic rings. The maximum Gasteiger partial charge on any atom is 0.481 e. The Morgan fingerprint density at radius 1 is 0.910 bits per heavy atom. The lowest BCUT2D eigenvalue weighted by molar-refractivity contribution is -0.137. The molecule has 2 amide bonds. The van der Waals surface area contributed by atoms with E-state index < -0.39 is 84.6 Å². The van der Waals surface area contributed by atoms with Crippen molar-refractivity contribution in [3.05, 3.63) is 37.0 Å². The van der Waals surface area contributed by atoms with Crippen LogP contribution in [0.4, 0.5) is 5.82 Å². The number of thioether (sulfide) groups is 1. The summed E-state index contributed by atoms with van der Waals surface area (Å²) in [6.45, 7) is 2.76. The standard InChI is InChI=1S/C39H66N7O17P3S/c1-4-5-6-7-8-9-10-11-12-13-14-15-16-17-18-19-30(48)67-23-22-41-29(47)20-21-42-37(51)34(50)39(2,3)25-60-66(57,58)63-65(55,56)59-24-28-33(62-64(52,53)54)32(49)38(61-28)46-27-45-31-35(40)43-26-44-36(31)46/h11-12,14-15,26-28,32-34,38,49-50H,4-10,13,16-25H2,1-3H3,(H,41,47)(H,42,51)(H,55,56)(H,57,58)(H2,40,43,44)(H2,52,53,54)/b12-11-,15-14-/t28-,32?,33+,34+,38-/m1/s1. The molecule has 2 aromatic heterocycles. The summed E-state index contributed by atoms with van der Waals surface area (Å²) in [7, 11) is -16.4. The number of hydrogen-bond donors (Lipinski definition) is 9. The summed E-state index contributed by atoms with van der Waals surface area (Å²) in [6.07, 6.45) is 14.6. The van der Waals surface area contributed by atoms with Gasteiger partial charge in [0.2, 0.25) is 11.8 Å². The fourth-order valence-electron chi connectivity index (χ4n) is 6.45. The summed E-state index contributed by atoms with van der Waals surface area (Å²) >= 11 is 1.13. The van der Waals surface area contributed by atoms with Crippen LogP contribution < -0.4 is 16.4 Å². The van der Waals surface area contributed by atoms with E-state index in [2.05, 4.69) is 65.6 Å². The lowest BCUT2D eigenvalue weighted by atomic mass is 9.87. The van der Waals surface area contributed by atoms with Gasteiger partial charge in [0.25, 0.3) is 0 Å². The molecule has 1 aliphatic heterocycles. The number of anilines is 1. The predicted octanol–water partition coefficient (Wildman–Crippen LogP) is 4.48. The molecule has 1 saturated heterocycles. The second-order valence-electron chi connectivity index (χ2n) is 16.3. The number of phosphoric ester groups is 3. The number of nitrogens with two attached hydrogens (primary N) is 1. The second-order valence-corrected chi connectivity index (χ2v) is 21.7. The number of carbonyl (C=O) groups excluding carboxylic acids is 3. The van der Waals surface area contributed by atoms with Gasteiger partial charge < -0.3 is 50.9 Å². The SMILES string of the molecule is CCCCCCCC/C=C\C/C=C\CCCCC(=O)SCCNC(=O)CCNC(=O)[C@H](O)C(C)(C)COP(=O)(O)OP(=O)(O)OC[C@H]1O[C@@H](n2cnc3c(N)ncnc32)C(O)[C@H]1OP(=O)(O)O. The van der Waals surface area contributed by atoms with Crippen molar-refractivity contribution in [1.82, 2.24) is 30.2 Å². The van der Waals surface area contributed by atoms with Gasteiger partial charge in [-0.3, -0.25) is 32.5 Å². The topological polar surface area (TPSA) is 364 Å². The van der Waals surface area contributed by atoms with Crippen molar-refractivity contribution in [3.63, 3.8) is 0 Å². The van der Waals surface area contributed by atoms with Crippen LogP contribution in [0.3, 0.4) is 0 Å². The highest BCUT2D eigenvalue weighted by molar-refractivity contribution is 8.13. The molecule has 0 aliphatic carbocycles. The van der Waals surface area contributed by atoms with Gasteiger partial charge in [0, 0.05) is 37.1 Å². The number of carbonyl (C=O) groups is 3. The Balaban J connectivity index is 1.32. The third-order valence-electron chi connectivity index (χ3n) is 10.1. The number of aromatic nitrogens is 4. The maximum absolute atomic E-state index is 12.7. The van der Waals surface area contributed by atoms with E-state index in [-0.39, 0.29) is 41.6 Å². The molecule has 1 aliphatic rings. The molecular formula is C39H66N7O17P3S. The quantitative estimate of drug-likeness (QED) is 0.0270. The lowest BCUT2D eigenvalue weighted by Gasteiger charge is -2.30. The first-order valence-corrected chi connectivity index (χ1v) is 27.4. The number of aliphatic hydroxyl groups excluding tert-OH is 2. The van der Waals surface area contributed by atoms with E-state index in [0.29, 0.717) is 12.2 Å². The maximum atomic E-state index is 12.7. The van der Waals surface area contributed by atoms with Gasteiger partial charge in [-0.25, -0.2) is 28.6 Å². The zero-order chi connectivity index (χ0) is 49.7. The van der Waals surface area contributed by atoms with Crippen LogP contribution in [0.5, 0.6) is 0 Å². The molecule has 10 N–H and O–H groups in total. The molecule has 0 saturated carbocycles. The van der Waals surface area contributed by atoms with Gasteiger partial charge in [-0.2, -0.15) is 4.31 Å². The van der Waals surface area contributed by atoms with Gasteiger partial charge in [0.05, 0.1) is 19.5 Å². The van der Waals surface area contributed by atoms with Crippen LogP contribution in [0.2, 0.25) is 0 Å². The molecule has 0 spiro atoms. The van der Waals surface area contributed by atoms with Gasteiger partial charge in [-0.05, 0) is 38.5 Å². The Hall–Kier alpha value is -2.96. The van der Waals surface area contributed by atoms with Crippen LogP contribution >= 0.6 is 35.2 Å². The van der Waals surface area contributed by atoms with Crippen LogP contribution in [0.25, 0.3) is 11.2 Å². The summed E-state index contributed by atoms with van der Waals surface area (Å²) in [5.41, 5.74) is 4.28. The molecule has 3 rings (SSSR count). The number of amides is 2. The molecule has 3 heterocycles. The number of phosphoric acid groups is 3. The monoisotopic (exact) mass is 1030 g/mol. The fraction of sp³-hybridized carbons (Fsp3) is 0.692. The highest BCUT2D eigenvalue weighted by Crippen LogP contribution is 2.61. The van der Waals surface area contributed by atoms with Crippen molar-refractivity contribution in [1.29, 1.82) is 0 Å². The number of fused-ring (bicyclic) bond motifs is 1. The third-order valence-corrected chi connectivity index (χ3v) is 14.1. The number of aliphatic hydroxyl groups is 2. The van der Waals surface area contributed by atoms with Crippen LogP contribution in [0.1, 0.15) is 110 Å². The number of ether oxygens (including phenoxy) is 1. The van der Waals surface area contributed by atoms with Crippen LogP contribution in [0.15, 0.2) is 37.0 Å². The zero-order valence-electron chi connectivity index (χ0n) is 37.9. The van der Waals surface area contributed by atoms with Gasteiger partial charge in [-0.15, -0.1) is 0 Å². The normalized spacial score (nSPS) is 20.3. The van der Waals surface area contributed by atoms with E-state index in [9.17, 15) is 57.9 Å². The third kappa shape index (κ3) is 21.7. The number of nitrogens with one attached hydrogen (secondary N) is 2. The van der Waals surface area contributed by atoms with Crippen molar-refractivity contribution >= 4 is 69.1 Å². The first-order chi connectivity index (χ1) is 31.6. The molecule has 1 fully saturated rings. The Labute approximate surface area is 393 Å². The zero-order valence-corrected chi connectivity index (χ0v) is 41.4. The number of nitrogen functional groups attached to an aromatic ring is 1.